The second-order valence-electron chi connectivity index (χ2n) is 4.49. The van der Waals surface area contributed by atoms with E-state index in [1.807, 2.05) is 38.1 Å². The van der Waals surface area contributed by atoms with Gasteiger partial charge in [0.2, 0.25) is 0 Å². The average Bonchev–Trinajstić information content (AvgIpc) is 2.51. The Hall–Kier alpha value is -1.59. The zero-order valence-electron chi connectivity index (χ0n) is 13.1. The largest absolute Gasteiger partial charge is 0.469 e. The second-order valence-corrected chi connectivity index (χ2v) is 4.49. The molecular weight excluding hydrogens is 270 g/mol. The van der Waals surface area contributed by atoms with Crippen molar-refractivity contribution < 1.29 is 19.0 Å². The predicted molar refractivity (Wildman–Crippen MR) is 82.3 cm³/mol. The summed E-state index contributed by atoms with van der Waals surface area (Å²) in [5, 5.41) is 3.28. The number of hydrogen-bond acceptors (Lipinski definition) is 5. The molecule has 0 aromatic heterocycles. The molecule has 0 unspecified atom stereocenters. The Balaban J connectivity index is 2.41. The van der Waals surface area contributed by atoms with Crippen LogP contribution < -0.4 is 5.32 Å². The van der Waals surface area contributed by atoms with Gasteiger partial charge in [-0.25, -0.2) is 0 Å². The maximum atomic E-state index is 11.1. The first-order chi connectivity index (χ1) is 10.2. The minimum absolute atomic E-state index is 0.187. The van der Waals surface area contributed by atoms with E-state index in [1.54, 1.807) is 0 Å². The van der Waals surface area contributed by atoms with E-state index in [-0.39, 0.29) is 12.3 Å². The van der Waals surface area contributed by atoms with Gasteiger partial charge in [-0.15, -0.1) is 0 Å². The van der Waals surface area contributed by atoms with E-state index >= 15 is 0 Å². The monoisotopic (exact) mass is 295 g/mol. The molecule has 0 aliphatic heterocycles. The Morgan fingerprint density at radius 2 is 1.76 bits per heavy atom. The van der Waals surface area contributed by atoms with Gasteiger partial charge in [-0.1, -0.05) is 12.1 Å². The highest BCUT2D eigenvalue weighted by Crippen LogP contribution is 2.12. The van der Waals surface area contributed by atoms with Crippen LogP contribution in [0.1, 0.15) is 25.8 Å². The maximum Gasteiger partial charge on any atom is 0.305 e. The van der Waals surface area contributed by atoms with E-state index in [9.17, 15) is 4.79 Å². The second kappa shape index (κ2) is 10.2. The lowest BCUT2D eigenvalue weighted by atomic mass is 10.1. The van der Waals surface area contributed by atoms with Crippen LogP contribution in [0.25, 0.3) is 0 Å². The first-order valence-corrected chi connectivity index (χ1v) is 7.32. The van der Waals surface area contributed by atoms with Crippen LogP contribution in [0.4, 0.5) is 5.69 Å². The number of anilines is 1. The molecule has 1 rings (SSSR count). The number of esters is 1. The van der Waals surface area contributed by atoms with Crippen LogP contribution >= 0.6 is 0 Å². The predicted octanol–water partition coefficient (Wildman–Crippen LogP) is 2.60. The minimum atomic E-state index is -0.237. The summed E-state index contributed by atoms with van der Waals surface area (Å²) in [5.41, 5.74) is 2.11. The number of rotatable bonds is 10. The molecule has 0 atom stereocenters. The highest BCUT2D eigenvalue weighted by atomic mass is 16.7. The standard InChI is InChI=1S/C16H25NO4/c1-4-20-16(21-5-2)12-17-14-9-6-13(7-10-14)8-11-15(18)19-3/h6-7,9-10,16-17H,4-5,8,11-12H2,1-3H3. The summed E-state index contributed by atoms with van der Waals surface area (Å²) in [4.78, 5) is 11.1. The number of ether oxygens (including phenoxy) is 3. The number of carbonyl (C=O) groups is 1. The van der Waals surface area contributed by atoms with Crippen LogP contribution in [0.15, 0.2) is 24.3 Å². The summed E-state index contributed by atoms with van der Waals surface area (Å²) < 4.78 is 15.6. The van der Waals surface area contributed by atoms with E-state index in [0.29, 0.717) is 32.6 Å². The van der Waals surface area contributed by atoms with Crippen molar-refractivity contribution in [2.45, 2.75) is 33.0 Å². The summed E-state index contributed by atoms with van der Waals surface area (Å²) in [5.74, 6) is -0.187. The van der Waals surface area contributed by atoms with Gasteiger partial charge in [0.25, 0.3) is 0 Å². The maximum absolute atomic E-state index is 11.1. The minimum Gasteiger partial charge on any atom is -0.469 e. The number of nitrogens with one attached hydrogen (secondary N) is 1. The zero-order chi connectivity index (χ0) is 15.5. The van der Waals surface area contributed by atoms with Crippen LogP contribution in [0.5, 0.6) is 0 Å². The smallest absolute Gasteiger partial charge is 0.305 e. The number of benzene rings is 1. The van der Waals surface area contributed by atoms with Crippen LogP contribution in [-0.2, 0) is 25.4 Å². The fourth-order valence-corrected chi connectivity index (χ4v) is 1.88. The zero-order valence-corrected chi connectivity index (χ0v) is 13.1. The molecule has 1 aromatic rings. The van der Waals surface area contributed by atoms with Crippen molar-refractivity contribution in [1.82, 2.24) is 0 Å². The molecule has 0 saturated carbocycles. The SMILES string of the molecule is CCOC(CNc1ccc(CCC(=O)OC)cc1)OCC. The number of carbonyl (C=O) groups excluding carboxylic acids is 1. The lowest BCUT2D eigenvalue weighted by molar-refractivity contribution is -0.140. The molecule has 0 aliphatic rings. The van der Waals surface area contributed by atoms with Crippen LogP contribution in [-0.4, -0.2) is 39.1 Å². The van der Waals surface area contributed by atoms with Crippen LogP contribution in [0.2, 0.25) is 0 Å². The lowest BCUT2D eigenvalue weighted by Gasteiger charge is -2.18. The molecule has 0 spiro atoms. The summed E-state index contributed by atoms with van der Waals surface area (Å²) >= 11 is 0. The molecular formula is C16H25NO4. The topological polar surface area (TPSA) is 56.8 Å². The van der Waals surface area contributed by atoms with E-state index in [2.05, 4.69) is 10.1 Å². The average molecular weight is 295 g/mol. The highest BCUT2D eigenvalue weighted by molar-refractivity contribution is 5.69. The van der Waals surface area contributed by atoms with Crippen molar-refractivity contribution in [2.24, 2.45) is 0 Å². The molecule has 5 heteroatoms. The van der Waals surface area contributed by atoms with Crippen molar-refractivity contribution in [1.29, 1.82) is 0 Å². The first-order valence-electron chi connectivity index (χ1n) is 7.32. The van der Waals surface area contributed by atoms with Crippen molar-refractivity contribution in [3.63, 3.8) is 0 Å². The van der Waals surface area contributed by atoms with Gasteiger partial charge in [0.05, 0.1) is 13.7 Å². The third-order valence-electron chi connectivity index (χ3n) is 2.98. The fraction of sp³-hybridized carbons (Fsp3) is 0.562. The molecule has 1 N–H and O–H groups in total. The molecule has 0 radical (unpaired) electrons. The molecule has 0 fully saturated rings. The number of aryl methyl sites for hydroxylation is 1. The van der Waals surface area contributed by atoms with Gasteiger partial charge >= 0.3 is 5.97 Å². The van der Waals surface area contributed by atoms with Crippen molar-refractivity contribution >= 4 is 11.7 Å². The molecule has 0 amide bonds. The number of methoxy groups -OCH3 is 1. The summed E-state index contributed by atoms with van der Waals surface area (Å²) in [6.07, 6.45) is 0.854. The lowest BCUT2D eigenvalue weighted by Crippen LogP contribution is -2.26. The molecule has 5 nitrogen and oxygen atoms in total. The summed E-state index contributed by atoms with van der Waals surface area (Å²) in [6, 6.07) is 7.98. The Kier molecular flexibility index (Phi) is 8.47. The van der Waals surface area contributed by atoms with Crippen LogP contribution in [0, 0.1) is 0 Å². The quantitative estimate of drug-likeness (QED) is 0.531. The van der Waals surface area contributed by atoms with E-state index in [4.69, 9.17) is 9.47 Å². The van der Waals surface area contributed by atoms with Crippen molar-refractivity contribution in [3.8, 4) is 0 Å². The van der Waals surface area contributed by atoms with Crippen LogP contribution in [0.3, 0.4) is 0 Å². The van der Waals surface area contributed by atoms with E-state index in [0.717, 1.165) is 11.3 Å². The van der Waals surface area contributed by atoms with Crippen molar-refractivity contribution in [2.75, 3.05) is 32.2 Å². The molecule has 0 bridgehead atoms. The Bertz CT molecular complexity index is 399. The molecule has 118 valence electrons. The first kappa shape index (κ1) is 17.5. The van der Waals surface area contributed by atoms with Gasteiger partial charge < -0.3 is 19.5 Å². The molecule has 0 saturated heterocycles. The molecule has 21 heavy (non-hydrogen) atoms. The Morgan fingerprint density at radius 1 is 1.14 bits per heavy atom. The summed E-state index contributed by atoms with van der Waals surface area (Å²) in [6.45, 7) is 5.74. The summed E-state index contributed by atoms with van der Waals surface area (Å²) in [7, 11) is 1.41. The molecule has 1 aromatic carbocycles. The Labute approximate surface area is 126 Å². The fourth-order valence-electron chi connectivity index (χ4n) is 1.88. The van der Waals surface area contributed by atoms with Gasteiger partial charge in [-0.05, 0) is 38.0 Å². The number of hydrogen-bond donors (Lipinski definition) is 1. The highest BCUT2D eigenvalue weighted by Gasteiger charge is 2.07. The van der Waals surface area contributed by atoms with Gasteiger partial charge in [-0.3, -0.25) is 4.79 Å². The molecule has 0 heterocycles. The third kappa shape index (κ3) is 7.11. The van der Waals surface area contributed by atoms with Gasteiger partial charge in [0.15, 0.2) is 6.29 Å². The molecule has 0 aliphatic carbocycles. The van der Waals surface area contributed by atoms with Crippen molar-refractivity contribution in [3.05, 3.63) is 29.8 Å². The van der Waals surface area contributed by atoms with E-state index in [1.165, 1.54) is 7.11 Å². The Morgan fingerprint density at radius 3 is 2.29 bits per heavy atom. The third-order valence-corrected chi connectivity index (χ3v) is 2.98. The van der Waals surface area contributed by atoms with E-state index < -0.39 is 0 Å². The van der Waals surface area contributed by atoms with Gasteiger partial charge in [0, 0.05) is 25.3 Å². The van der Waals surface area contributed by atoms with Gasteiger partial charge in [0.1, 0.15) is 0 Å². The van der Waals surface area contributed by atoms with Gasteiger partial charge in [-0.2, -0.15) is 0 Å². The normalized spacial score (nSPS) is 10.7.